The third-order valence-corrected chi connectivity index (χ3v) is 4.80. The summed E-state index contributed by atoms with van der Waals surface area (Å²) < 4.78 is 0. The molecule has 0 aliphatic rings. The molecule has 0 bridgehead atoms. The Labute approximate surface area is 143 Å². The van der Waals surface area contributed by atoms with Crippen LogP contribution in [0.4, 0.5) is 0 Å². The molecular formula is C18H26N4S. The highest BCUT2D eigenvalue weighted by Gasteiger charge is 2.08. The van der Waals surface area contributed by atoms with Gasteiger partial charge in [0, 0.05) is 18.0 Å². The second-order valence-electron chi connectivity index (χ2n) is 5.74. The molecule has 1 aromatic heterocycles. The maximum atomic E-state index is 4.46. The van der Waals surface area contributed by atoms with Crippen LogP contribution in [-0.2, 0) is 13.0 Å². The van der Waals surface area contributed by atoms with Crippen molar-refractivity contribution in [3.8, 4) is 0 Å². The van der Waals surface area contributed by atoms with Crippen molar-refractivity contribution in [3.63, 3.8) is 0 Å². The Bertz CT molecular complexity index is 634. The molecule has 1 aromatic carbocycles. The Morgan fingerprint density at radius 2 is 2.00 bits per heavy atom. The molecule has 4 nitrogen and oxygen atoms in total. The average molecular weight is 331 g/mol. The number of hydrogen-bond donors (Lipinski definition) is 2. The fraction of sp³-hybridized carbons (Fsp3) is 0.444. The van der Waals surface area contributed by atoms with Gasteiger partial charge in [-0.15, -0.1) is 11.3 Å². The molecule has 1 atom stereocenters. The zero-order chi connectivity index (χ0) is 16.7. The fourth-order valence-corrected chi connectivity index (χ4v) is 3.31. The smallest absolute Gasteiger partial charge is 0.191 e. The molecule has 5 heteroatoms. The first-order valence-corrected chi connectivity index (χ1v) is 8.84. The molecule has 0 amide bonds. The van der Waals surface area contributed by atoms with Crippen molar-refractivity contribution >= 4 is 17.3 Å². The van der Waals surface area contributed by atoms with E-state index >= 15 is 0 Å². The monoisotopic (exact) mass is 330 g/mol. The van der Waals surface area contributed by atoms with Gasteiger partial charge in [-0.05, 0) is 39.2 Å². The second kappa shape index (κ2) is 8.67. The maximum absolute atomic E-state index is 4.46. The molecule has 124 valence electrons. The number of rotatable bonds is 6. The minimum atomic E-state index is 0.366. The fourth-order valence-electron chi connectivity index (χ4n) is 2.43. The molecule has 0 saturated carbocycles. The molecule has 0 aliphatic carbocycles. The molecule has 0 saturated heterocycles. The molecule has 0 fully saturated rings. The molecule has 0 aliphatic heterocycles. The molecule has 2 aromatic rings. The van der Waals surface area contributed by atoms with E-state index in [1.165, 1.54) is 10.4 Å². The van der Waals surface area contributed by atoms with Crippen LogP contribution in [0.1, 0.15) is 34.5 Å². The molecule has 1 unspecified atom stereocenters. The number of aromatic nitrogens is 1. The van der Waals surface area contributed by atoms with Gasteiger partial charge in [0.2, 0.25) is 0 Å². The van der Waals surface area contributed by atoms with Gasteiger partial charge in [-0.3, -0.25) is 4.99 Å². The third kappa shape index (κ3) is 5.67. The van der Waals surface area contributed by atoms with Crippen molar-refractivity contribution in [1.82, 2.24) is 15.6 Å². The van der Waals surface area contributed by atoms with Crippen LogP contribution in [0.15, 0.2) is 35.3 Å². The predicted molar refractivity (Wildman–Crippen MR) is 99.1 cm³/mol. The van der Waals surface area contributed by atoms with E-state index in [-0.39, 0.29) is 0 Å². The lowest BCUT2D eigenvalue weighted by atomic mass is 10.1. The summed E-state index contributed by atoms with van der Waals surface area (Å²) in [6, 6.07) is 11.0. The standard InChI is InChI=1S/C18H26N4S/c1-13(10-11-16-8-6-5-7-9-16)21-18(19-4)20-12-17-14(2)22-15(3)23-17/h5-9,13H,10-12H2,1-4H3,(H2,19,20,21). The molecule has 0 spiro atoms. The maximum Gasteiger partial charge on any atom is 0.191 e. The van der Waals surface area contributed by atoms with Crippen LogP contribution in [0.5, 0.6) is 0 Å². The van der Waals surface area contributed by atoms with E-state index in [0.717, 1.165) is 36.0 Å². The van der Waals surface area contributed by atoms with Crippen molar-refractivity contribution in [3.05, 3.63) is 51.5 Å². The summed E-state index contributed by atoms with van der Waals surface area (Å²) in [7, 11) is 1.81. The highest BCUT2D eigenvalue weighted by Crippen LogP contribution is 2.16. The zero-order valence-corrected chi connectivity index (χ0v) is 15.2. The molecule has 1 heterocycles. The summed E-state index contributed by atoms with van der Waals surface area (Å²) in [6.07, 6.45) is 2.14. The first-order chi connectivity index (χ1) is 11.1. The average Bonchev–Trinajstić information content (AvgIpc) is 2.88. The SMILES string of the molecule is CN=C(NCc1sc(C)nc1C)NC(C)CCc1ccccc1. The van der Waals surface area contributed by atoms with Gasteiger partial charge in [-0.2, -0.15) is 0 Å². The number of thiazole rings is 1. The van der Waals surface area contributed by atoms with Crippen LogP contribution in [0.3, 0.4) is 0 Å². The summed E-state index contributed by atoms with van der Waals surface area (Å²) in [5.41, 5.74) is 2.48. The summed E-state index contributed by atoms with van der Waals surface area (Å²) in [5, 5.41) is 7.94. The summed E-state index contributed by atoms with van der Waals surface area (Å²) in [5.74, 6) is 0.844. The normalized spacial score (nSPS) is 13.0. The number of benzene rings is 1. The van der Waals surface area contributed by atoms with Crippen molar-refractivity contribution < 1.29 is 0 Å². The van der Waals surface area contributed by atoms with Crippen LogP contribution in [0.25, 0.3) is 0 Å². The van der Waals surface area contributed by atoms with Crippen LogP contribution in [-0.4, -0.2) is 24.0 Å². The molecular weight excluding hydrogens is 304 g/mol. The minimum absolute atomic E-state index is 0.366. The third-order valence-electron chi connectivity index (χ3n) is 3.73. The number of guanidine groups is 1. The van der Waals surface area contributed by atoms with Crippen LogP contribution < -0.4 is 10.6 Å². The van der Waals surface area contributed by atoms with Crippen molar-refractivity contribution in [2.45, 2.75) is 46.2 Å². The number of nitrogens with one attached hydrogen (secondary N) is 2. The summed E-state index contributed by atoms with van der Waals surface area (Å²) in [4.78, 5) is 10.0. The van der Waals surface area contributed by atoms with Crippen LogP contribution >= 0.6 is 11.3 Å². The number of nitrogens with zero attached hydrogens (tertiary/aromatic N) is 2. The van der Waals surface area contributed by atoms with E-state index in [9.17, 15) is 0 Å². The molecule has 2 N–H and O–H groups in total. The summed E-state index contributed by atoms with van der Waals surface area (Å²) in [6.45, 7) is 7.05. The van der Waals surface area contributed by atoms with Gasteiger partial charge in [-0.1, -0.05) is 30.3 Å². The van der Waals surface area contributed by atoms with Gasteiger partial charge in [0.15, 0.2) is 5.96 Å². The number of aryl methyl sites for hydroxylation is 3. The van der Waals surface area contributed by atoms with Gasteiger partial charge in [0.1, 0.15) is 0 Å². The number of hydrogen-bond acceptors (Lipinski definition) is 3. The van der Waals surface area contributed by atoms with Crippen LogP contribution in [0.2, 0.25) is 0 Å². The van der Waals surface area contributed by atoms with E-state index in [4.69, 9.17) is 0 Å². The lowest BCUT2D eigenvalue weighted by Crippen LogP contribution is -2.42. The Morgan fingerprint density at radius 3 is 2.61 bits per heavy atom. The number of aliphatic imine (C=N–C) groups is 1. The van der Waals surface area contributed by atoms with Gasteiger partial charge >= 0.3 is 0 Å². The van der Waals surface area contributed by atoms with Crippen molar-refractivity contribution in [1.29, 1.82) is 0 Å². The highest BCUT2D eigenvalue weighted by molar-refractivity contribution is 7.11. The second-order valence-corrected chi connectivity index (χ2v) is 7.02. The van der Waals surface area contributed by atoms with E-state index in [2.05, 4.69) is 64.8 Å². The Hall–Kier alpha value is -1.88. The largest absolute Gasteiger partial charge is 0.354 e. The Kier molecular flexibility index (Phi) is 6.59. The first kappa shape index (κ1) is 17.5. The Balaban J connectivity index is 1.78. The predicted octanol–water partition coefficient (Wildman–Crippen LogP) is 3.45. The van der Waals surface area contributed by atoms with E-state index < -0.39 is 0 Å². The highest BCUT2D eigenvalue weighted by atomic mass is 32.1. The quantitative estimate of drug-likeness (QED) is 0.630. The lowest BCUT2D eigenvalue weighted by molar-refractivity contribution is 0.593. The topological polar surface area (TPSA) is 49.3 Å². The minimum Gasteiger partial charge on any atom is -0.354 e. The van der Waals surface area contributed by atoms with Gasteiger partial charge < -0.3 is 10.6 Å². The van der Waals surface area contributed by atoms with E-state index in [0.29, 0.717) is 6.04 Å². The first-order valence-electron chi connectivity index (χ1n) is 8.02. The van der Waals surface area contributed by atoms with Gasteiger partial charge in [0.05, 0.1) is 17.2 Å². The van der Waals surface area contributed by atoms with Gasteiger partial charge in [-0.25, -0.2) is 4.98 Å². The molecule has 0 radical (unpaired) electrons. The van der Waals surface area contributed by atoms with E-state index in [1.807, 2.05) is 14.0 Å². The van der Waals surface area contributed by atoms with E-state index in [1.54, 1.807) is 11.3 Å². The van der Waals surface area contributed by atoms with Crippen molar-refractivity contribution in [2.75, 3.05) is 7.05 Å². The zero-order valence-electron chi connectivity index (χ0n) is 14.4. The lowest BCUT2D eigenvalue weighted by Gasteiger charge is -2.17. The Morgan fingerprint density at radius 1 is 1.26 bits per heavy atom. The molecule has 23 heavy (non-hydrogen) atoms. The summed E-state index contributed by atoms with van der Waals surface area (Å²) >= 11 is 1.74. The van der Waals surface area contributed by atoms with Gasteiger partial charge in [0.25, 0.3) is 0 Å². The molecule has 2 rings (SSSR count). The van der Waals surface area contributed by atoms with Crippen LogP contribution in [0, 0.1) is 13.8 Å². The van der Waals surface area contributed by atoms with Crippen molar-refractivity contribution in [2.24, 2.45) is 4.99 Å².